The van der Waals surface area contributed by atoms with Gasteiger partial charge in [0.15, 0.2) is 22.5 Å². The fraction of sp³-hybridized carbons (Fsp3) is 0.400. The third-order valence-corrected chi connectivity index (χ3v) is 5.59. The highest BCUT2D eigenvalue weighted by Gasteiger charge is 2.21. The fourth-order valence-corrected chi connectivity index (χ4v) is 3.96. The Kier molecular flexibility index (Phi) is 6.81. The molecule has 1 aliphatic heterocycles. The summed E-state index contributed by atoms with van der Waals surface area (Å²) in [5, 5.41) is 16.3. The lowest BCUT2D eigenvalue weighted by Crippen LogP contribution is -2.17. The van der Waals surface area contributed by atoms with Gasteiger partial charge in [0.25, 0.3) is 0 Å². The Morgan fingerprint density at radius 3 is 2.81 bits per heavy atom. The van der Waals surface area contributed by atoms with E-state index in [1.165, 1.54) is 11.8 Å². The van der Waals surface area contributed by atoms with E-state index in [4.69, 9.17) is 18.9 Å². The van der Waals surface area contributed by atoms with Crippen molar-refractivity contribution >= 4 is 23.4 Å². The van der Waals surface area contributed by atoms with Crippen LogP contribution in [0.25, 0.3) is 11.4 Å². The van der Waals surface area contributed by atoms with Crippen molar-refractivity contribution in [3.05, 3.63) is 24.4 Å². The number of hydrogen-bond acceptors (Lipinski definition) is 9. The Bertz CT molecular complexity index is 1100. The first-order valence-electron chi connectivity index (χ1n) is 9.91. The monoisotopic (exact) mass is 460 g/mol. The van der Waals surface area contributed by atoms with Gasteiger partial charge in [0.1, 0.15) is 18.8 Å². The minimum absolute atomic E-state index is 0.156. The van der Waals surface area contributed by atoms with E-state index in [-0.39, 0.29) is 11.7 Å². The largest absolute Gasteiger partial charge is 0.486 e. The zero-order chi connectivity index (χ0) is 22.5. The molecule has 0 bridgehead atoms. The Balaban J connectivity index is 1.46. The minimum Gasteiger partial charge on any atom is -0.486 e. The van der Waals surface area contributed by atoms with E-state index in [0.717, 1.165) is 0 Å². The number of ether oxygens (including phenoxy) is 4. The Labute approximate surface area is 189 Å². The molecule has 12 heteroatoms. The van der Waals surface area contributed by atoms with Crippen LogP contribution in [-0.2, 0) is 23.1 Å². The number of methoxy groups -OCH3 is 2. The molecule has 0 radical (unpaired) electrons. The topological polar surface area (TPSA) is 115 Å². The third kappa shape index (κ3) is 4.81. The zero-order valence-electron chi connectivity index (χ0n) is 18.0. The molecule has 3 aromatic rings. The van der Waals surface area contributed by atoms with Gasteiger partial charge in [0.05, 0.1) is 26.0 Å². The number of benzene rings is 1. The molecule has 11 nitrogen and oxygen atoms in total. The van der Waals surface area contributed by atoms with Gasteiger partial charge in [-0.2, -0.15) is 0 Å². The van der Waals surface area contributed by atoms with Crippen LogP contribution in [0.2, 0.25) is 0 Å². The predicted molar refractivity (Wildman–Crippen MR) is 117 cm³/mol. The summed E-state index contributed by atoms with van der Waals surface area (Å²) >= 11 is 1.29. The molecule has 4 rings (SSSR count). The summed E-state index contributed by atoms with van der Waals surface area (Å²) in [4.78, 5) is 12.5. The second-order valence-corrected chi connectivity index (χ2v) is 7.81. The van der Waals surface area contributed by atoms with Gasteiger partial charge in [-0.15, -0.1) is 15.3 Å². The summed E-state index contributed by atoms with van der Waals surface area (Å²) in [6.45, 7) is 1.99. The van der Waals surface area contributed by atoms with Crippen LogP contribution in [0.3, 0.4) is 0 Å². The summed E-state index contributed by atoms with van der Waals surface area (Å²) in [5.41, 5.74) is 1.35. The lowest BCUT2D eigenvalue weighted by atomic mass is 10.2. The molecule has 0 aliphatic carbocycles. The summed E-state index contributed by atoms with van der Waals surface area (Å²) in [7, 11) is 4.99. The molecule has 2 aromatic heterocycles. The van der Waals surface area contributed by atoms with E-state index in [9.17, 15) is 4.79 Å². The number of aryl methyl sites for hydroxylation is 1. The summed E-state index contributed by atoms with van der Waals surface area (Å²) in [5.74, 6) is 2.33. The summed E-state index contributed by atoms with van der Waals surface area (Å²) in [6, 6.07) is 5.32. The number of fused-ring (bicyclic) bond motifs is 1. The standard InChI is InChI=1S/C20H24N6O5S/c1-25-11-14(19(24-25)29-3)18-22-23-20(26(18)6-7-28-2)32-12-17(27)21-13-4-5-15-16(10-13)31-9-8-30-15/h4-5,10-11H,6-9,12H2,1-3H3,(H,21,27). The van der Waals surface area contributed by atoms with Crippen LogP contribution in [0.4, 0.5) is 5.69 Å². The Hall–Kier alpha value is -3.25. The van der Waals surface area contributed by atoms with Crippen LogP contribution in [-0.4, -0.2) is 70.2 Å². The SMILES string of the molecule is COCCn1c(SCC(=O)Nc2ccc3c(c2)OCCO3)nnc1-c1cn(C)nc1OC. The molecule has 1 N–H and O–H groups in total. The van der Waals surface area contributed by atoms with Gasteiger partial charge in [-0.3, -0.25) is 14.0 Å². The lowest BCUT2D eigenvalue weighted by Gasteiger charge is -2.19. The number of rotatable bonds is 9. The average Bonchev–Trinajstić information content (AvgIpc) is 3.38. The van der Waals surface area contributed by atoms with E-state index in [1.54, 1.807) is 44.1 Å². The van der Waals surface area contributed by atoms with E-state index >= 15 is 0 Å². The van der Waals surface area contributed by atoms with E-state index < -0.39 is 0 Å². The van der Waals surface area contributed by atoms with Crippen molar-refractivity contribution in [1.82, 2.24) is 24.5 Å². The van der Waals surface area contributed by atoms with Crippen molar-refractivity contribution in [2.75, 3.05) is 45.1 Å². The van der Waals surface area contributed by atoms with Crippen molar-refractivity contribution in [2.45, 2.75) is 11.7 Å². The molecular formula is C20H24N6O5S. The molecule has 1 amide bonds. The zero-order valence-corrected chi connectivity index (χ0v) is 18.8. The number of amides is 1. The van der Waals surface area contributed by atoms with Gasteiger partial charge in [0, 0.05) is 32.1 Å². The molecule has 1 aliphatic rings. The number of aromatic nitrogens is 5. The van der Waals surface area contributed by atoms with Crippen LogP contribution in [0.15, 0.2) is 29.6 Å². The number of anilines is 1. The van der Waals surface area contributed by atoms with Crippen molar-refractivity contribution in [3.63, 3.8) is 0 Å². The minimum atomic E-state index is -0.173. The van der Waals surface area contributed by atoms with E-state index in [0.29, 0.717) is 66.0 Å². The predicted octanol–water partition coefficient (Wildman–Crippen LogP) is 1.84. The number of hydrogen-bond donors (Lipinski definition) is 1. The van der Waals surface area contributed by atoms with E-state index in [1.807, 2.05) is 10.8 Å². The maximum Gasteiger partial charge on any atom is 0.243 e. The molecule has 0 spiro atoms. The van der Waals surface area contributed by atoms with Crippen LogP contribution >= 0.6 is 11.8 Å². The molecule has 1 aromatic carbocycles. The van der Waals surface area contributed by atoms with Gasteiger partial charge >= 0.3 is 0 Å². The molecule has 0 saturated heterocycles. The van der Waals surface area contributed by atoms with Crippen molar-refractivity contribution in [2.24, 2.45) is 7.05 Å². The van der Waals surface area contributed by atoms with Crippen LogP contribution in [0.5, 0.6) is 17.4 Å². The van der Waals surface area contributed by atoms with Crippen molar-refractivity contribution in [3.8, 4) is 28.8 Å². The summed E-state index contributed by atoms with van der Waals surface area (Å²) < 4.78 is 25.2. The maximum atomic E-state index is 12.5. The second kappa shape index (κ2) is 9.92. The van der Waals surface area contributed by atoms with Crippen LogP contribution in [0.1, 0.15) is 0 Å². The Morgan fingerprint density at radius 1 is 1.22 bits per heavy atom. The molecule has 0 saturated carbocycles. The maximum absolute atomic E-state index is 12.5. The molecular weight excluding hydrogens is 436 g/mol. The molecule has 32 heavy (non-hydrogen) atoms. The fourth-order valence-electron chi connectivity index (χ4n) is 3.20. The highest BCUT2D eigenvalue weighted by molar-refractivity contribution is 7.99. The summed E-state index contributed by atoms with van der Waals surface area (Å²) in [6.07, 6.45) is 1.81. The van der Waals surface area contributed by atoms with Gasteiger partial charge in [-0.1, -0.05) is 11.8 Å². The second-order valence-electron chi connectivity index (χ2n) is 6.87. The van der Waals surface area contributed by atoms with Crippen molar-refractivity contribution in [1.29, 1.82) is 0 Å². The van der Waals surface area contributed by atoms with E-state index in [2.05, 4.69) is 20.6 Å². The average molecular weight is 461 g/mol. The Morgan fingerprint density at radius 2 is 2.03 bits per heavy atom. The van der Waals surface area contributed by atoms with Gasteiger partial charge in [-0.25, -0.2) is 0 Å². The molecule has 170 valence electrons. The number of nitrogens with one attached hydrogen (secondary N) is 1. The first kappa shape index (κ1) is 22.0. The highest BCUT2D eigenvalue weighted by Crippen LogP contribution is 2.33. The van der Waals surface area contributed by atoms with Gasteiger partial charge in [0.2, 0.25) is 11.8 Å². The lowest BCUT2D eigenvalue weighted by molar-refractivity contribution is -0.113. The number of carbonyl (C=O) groups is 1. The molecule has 3 heterocycles. The smallest absolute Gasteiger partial charge is 0.243 e. The van der Waals surface area contributed by atoms with Crippen molar-refractivity contribution < 1.29 is 23.7 Å². The third-order valence-electron chi connectivity index (χ3n) is 4.62. The van der Waals surface area contributed by atoms with Gasteiger partial charge in [-0.05, 0) is 12.1 Å². The molecule has 0 unspecified atom stereocenters. The number of nitrogens with zero attached hydrogens (tertiary/aromatic N) is 5. The highest BCUT2D eigenvalue weighted by atomic mass is 32.2. The van der Waals surface area contributed by atoms with Crippen LogP contribution < -0.4 is 19.5 Å². The first-order chi connectivity index (χ1) is 15.6. The van der Waals surface area contributed by atoms with Gasteiger partial charge < -0.3 is 24.3 Å². The quantitative estimate of drug-likeness (QED) is 0.478. The number of thioether (sulfide) groups is 1. The molecule has 0 atom stereocenters. The molecule has 0 fully saturated rings. The number of carbonyl (C=O) groups excluding carboxylic acids is 1. The first-order valence-corrected chi connectivity index (χ1v) is 10.9. The normalized spacial score (nSPS) is 12.6. The van der Waals surface area contributed by atoms with Crippen LogP contribution in [0, 0.1) is 0 Å².